The molecule has 0 amide bonds. The average Bonchev–Trinajstić information content (AvgIpc) is 3.23. The van der Waals surface area contributed by atoms with E-state index in [1.807, 2.05) is 94.2 Å². The van der Waals surface area contributed by atoms with Crippen LogP contribution in [-0.2, 0) is 56.9 Å². The van der Waals surface area contributed by atoms with Crippen LogP contribution in [0.3, 0.4) is 0 Å². The minimum absolute atomic E-state index is 0. The van der Waals surface area contributed by atoms with Crippen molar-refractivity contribution in [3.05, 3.63) is 108 Å². The summed E-state index contributed by atoms with van der Waals surface area (Å²) in [7, 11) is -1.82. The molecule has 0 aliphatic heterocycles. The Balaban J connectivity index is -0.000000136. The van der Waals surface area contributed by atoms with Crippen LogP contribution in [0.25, 0.3) is 0 Å². The first-order valence-corrected chi connectivity index (χ1v) is 27.8. The predicted octanol–water partition coefficient (Wildman–Crippen LogP) is 2.56. The van der Waals surface area contributed by atoms with Crippen LogP contribution in [-0.4, -0.2) is 120 Å². The molecule has 7 atom stereocenters. The summed E-state index contributed by atoms with van der Waals surface area (Å²) in [5.41, 5.74) is 3.63. The molecule has 378 valence electrons. The zero-order valence-corrected chi connectivity index (χ0v) is 55.8. The maximum Gasteiger partial charge on any atom is 1.00 e. The molecule has 0 aliphatic carbocycles. The van der Waals surface area contributed by atoms with Gasteiger partial charge in [-0.05, 0) is 80.3 Å². The van der Waals surface area contributed by atoms with E-state index in [0.717, 1.165) is 44.3 Å². The van der Waals surface area contributed by atoms with Gasteiger partial charge in [0.15, 0.2) is 0 Å². The average molecular weight is 1210 g/mol. The van der Waals surface area contributed by atoms with Crippen molar-refractivity contribution in [3.63, 3.8) is 0 Å². The summed E-state index contributed by atoms with van der Waals surface area (Å²) in [5.74, 6) is -0.0401. The Morgan fingerprint density at radius 3 is 1.18 bits per heavy atom. The number of nitrogens with zero attached hydrogens (tertiary/aromatic N) is 1. The number of carbonyl (C=O) groups excluding carboxylic acids is 2. The second-order valence-corrected chi connectivity index (χ2v) is 19.9. The standard InChI is InChI=1S/C13H17ClO2.C12H17ClO3S.C11H15ClO.C6H15N.C2H4O2.CH3ClO2S.CH5P.Cs.Na.H2O/c1-10(13(9-14)16-11(2)15)8-12-6-4-3-5-7-12;1-10(8-11-6-4-3-5-7-11)12(9-13)16-17(2,14)15;1-9(11(13)8-12)7-10-5-3-2-4-6-10;1-4-7(5-2)6-3;1-2(3)4;1-5(2,3)4;1-2;;;/h3-7,10,13H,8-9H2,1-2H3;3-7,10,12H,8-9H2,1-2H3;2-6,9,11,13H,7-8H2,1H3;4-6H2,1-3H3;1H3,(H,3,4);1H3;2H2,1H3;;;1H2/q;;;;;;;2*+1;/p-2/t10-,13-;10-,12+;9-,11+;;;;;;;/m000......./s1/i;;;;;;2T;;;. The molecule has 0 saturated carbocycles. The van der Waals surface area contributed by atoms with E-state index in [1.165, 1.54) is 37.7 Å². The SMILES string of the molecule is CC(=O)O[C@@H](CCl)[C@@H](C)Cc1ccccc1.CC(=O)[O-].CCN(CC)CC.CS(=O)(=O)Cl.C[C@@H](Cc1ccccc1)[C@@H](CCl)OS(C)(=O)=O.C[C@@H](Cc1ccccc1)[C@H](O)CCl.[3H]PC.[Cs+].[Na+].[OH-]. The number of hydrogen-bond acceptors (Lipinski definition) is 12. The number of rotatable bonds is 18. The van der Waals surface area contributed by atoms with Crippen molar-refractivity contribution < 1.29 is 149 Å². The van der Waals surface area contributed by atoms with Gasteiger partial charge in [0.05, 0.1) is 37.8 Å². The van der Waals surface area contributed by atoms with Crippen LogP contribution in [0, 0.1) is 17.8 Å². The Labute approximate surface area is 509 Å². The molecule has 0 saturated heterocycles. The van der Waals surface area contributed by atoms with Crippen LogP contribution in [0.2, 0.25) is 0 Å². The molecule has 2 N–H and O–H groups in total. The largest absolute Gasteiger partial charge is 1.00 e. The van der Waals surface area contributed by atoms with E-state index in [-0.39, 0.29) is 140 Å². The molecule has 3 aromatic rings. The smallest absolute Gasteiger partial charge is 0.870 e. The normalized spacial score (nSPS) is 13.1. The number of ether oxygens (including phenoxy) is 1. The summed E-state index contributed by atoms with van der Waals surface area (Å²) >= 11 is 17.1. The Morgan fingerprint density at radius 1 is 0.701 bits per heavy atom. The monoisotopic (exact) mass is 1210 g/mol. The van der Waals surface area contributed by atoms with Crippen LogP contribution in [0.5, 0.6) is 0 Å². The topological polar surface area (TPSA) is 197 Å². The number of carbonyl (C=O) groups is 2. The molecule has 0 aliphatic rings. The van der Waals surface area contributed by atoms with Crippen molar-refractivity contribution >= 4 is 85.8 Å². The first kappa shape index (κ1) is 79.4. The molecule has 0 bridgehead atoms. The van der Waals surface area contributed by atoms with Crippen molar-refractivity contribution in [2.24, 2.45) is 17.8 Å². The van der Waals surface area contributed by atoms with Crippen LogP contribution >= 0.6 is 54.7 Å². The number of hydrogen-bond donors (Lipinski definition) is 1. The van der Waals surface area contributed by atoms with E-state index >= 15 is 0 Å². The number of esters is 1. The number of aliphatic carboxylic acids is 1. The van der Waals surface area contributed by atoms with Crippen molar-refractivity contribution in [2.75, 3.05) is 56.5 Å². The Morgan fingerprint density at radius 2 is 0.970 bits per heavy atom. The van der Waals surface area contributed by atoms with Gasteiger partial charge in [-0.3, -0.25) is 8.98 Å². The van der Waals surface area contributed by atoms with Gasteiger partial charge in [-0.2, -0.15) is 8.42 Å². The Hall–Kier alpha value is 0.982. The summed E-state index contributed by atoms with van der Waals surface area (Å²) < 4.78 is 57.3. The maximum absolute atomic E-state index is 11.1. The van der Waals surface area contributed by atoms with Crippen LogP contribution < -0.4 is 104 Å². The van der Waals surface area contributed by atoms with E-state index in [4.69, 9.17) is 54.9 Å². The van der Waals surface area contributed by atoms with Gasteiger partial charge in [0.25, 0.3) is 10.1 Å². The molecule has 67 heavy (non-hydrogen) atoms. The van der Waals surface area contributed by atoms with Crippen LogP contribution in [0.1, 0.15) is 72.1 Å². The van der Waals surface area contributed by atoms with Crippen molar-refractivity contribution in [1.82, 2.24) is 4.90 Å². The van der Waals surface area contributed by atoms with Crippen molar-refractivity contribution in [3.8, 4) is 0 Å². The second kappa shape index (κ2) is 51.9. The molecule has 12 nitrogen and oxygen atoms in total. The predicted molar refractivity (Wildman–Crippen MR) is 274 cm³/mol. The van der Waals surface area contributed by atoms with Crippen molar-refractivity contribution in [2.45, 2.75) is 93.0 Å². The number of aliphatic hydroxyl groups excluding tert-OH is 1. The van der Waals surface area contributed by atoms with E-state index in [1.54, 1.807) is 0 Å². The molecular weight excluding hydrogens is 1140 g/mol. The third-order valence-electron chi connectivity index (χ3n) is 8.55. The minimum atomic E-state index is -3.46. The van der Waals surface area contributed by atoms with Crippen molar-refractivity contribution in [1.29, 1.82) is 1.28 Å². The molecule has 3 aromatic carbocycles. The molecule has 0 spiro atoms. The van der Waals surface area contributed by atoms with Gasteiger partial charge in [0.1, 0.15) is 6.10 Å². The molecule has 0 aromatic heterocycles. The molecular formula is C46H76Cl4CsNNaO11PS2. The van der Waals surface area contributed by atoms with Gasteiger partial charge in [-0.25, -0.2) is 8.42 Å². The van der Waals surface area contributed by atoms with Gasteiger partial charge in [-0.1, -0.05) is 139 Å². The molecule has 3 rings (SSSR count). The second-order valence-electron chi connectivity index (χ2n) is 14.3. The number of benzene rings is 3. The van der Waals surface area contributed by atoms with Gasteiger partial charge in [0.2, 0.25) is 9.05 Å². The zero-order valence-electron chi connectivity index (χ0n) is 42.8. The fourth-order valence-corrected chi connectivity index (χ4v) is 7.01. The molecule has 1 unspecified atom stereocenters. The Kier molecular flexibility index (Phi) is 61.5. The Bertz CT molecular complexity index is 1790. The quantitative estimate of drug-likeness (QED) is 0.0489. The summed E-state index contributed by atoms with van der Waals surface area (Å²) in [6, 6.07) is 30.1. The van der Waals surface area contributed by atoms with Crippen LogP contribution in [0.15, 0.2) is 91.0 Å². The zero-order chi connectivity index (χ0) is 51.0. The molecule has 21 heteroatoms. The van der Waals surface area contributed by atoms with Gasteiger partial charge >= 0.3 is 104 Å². The number of carboxylic acids is 1. The summed E-state index contributed by atoms with van der Waals surface area (Å²) in [6.45, 7) is 20.3. The number of aliphatic hydroxyl groups is 1. The third-order valence-corrected chi connectivity index (χ3v) is 10.1. The van der Waals surface area contributed by atoms with Gasteiger partial charge in [0, 0.05) is 29.5 Å². The summed E-state index contributed by atoms with van der Waals surface area (Å²) in [4.78, 5) is 22.2. The minimum Gasteiger partial charge on any atom is -0.870 e. The molecule has 0 radical (unpaired) electrons. The van der Waals surface area contributed by atoms with Gasteiger partial charge in [-0.15, -0.1) is 44.0 Å². The first-order chi connectivity index (χ1) is 30.3. The fraction of sp³-hybridized carbons (Fsp3) is 0.565. The van der Waals surface area contributed by atoms with E-state index < -0.39 is 37.3 Å². The van der Waals surface area contributed by atoms with E-state index in [0.29, 0.717) is 20.9 Å². The van der Waals surface area contributed by atoms with Gasteiger partial charge < -0.3 is 30.1 Å². The third kappa shape index (κ3) is 57.8. The number of carboxylic acid groups (broad SMARTS) is 1. The molecule has 0 heterocycles. The van der Waals surface area contributed by atoms with Crippen LogP contribution in [0.4, 0.5) is 0 Å². The van der Waals surface area contributed by atoms with E-state index in [9.17, 15) is 26.7 Å². The van der Waals surface area contributed by atoms with E-state index in [2.05, 4.69) is 60.6 Å². The fourth-order valence-electron chi connectivity index (χ4n) is 5.19. The first-order valence-electron chi connectivity index (χ1n) is 21.2. The summed E-state index contributed by atoms with van der Waals surface area (Å²) in [5, 5.41) is 18.3. The number of alkyl halides is 3. The maximum atomic E-state index is 11.1. The molecule has 0 fully saturated rings. The number of halogens is 4. The summed E-state index contributed by atoms with van der Waals surface area (Å²) in [6.07, 6.45) is 3.37.